The van der Waals surface area contributed by atoms with Crippen LogP contribution < -0.4 is 0 Å². The van der Waals surface area contributed by atoms with Gasteiger partial charge in [-0.3, -0.25) is 0 Å². The van der Waals surface area contributed by atoms with E-state index in [1.165, 1.54) is 6.26 Å². The molecule has 0 radical (unpaired) electrons. The van der Waals surface area contributed by atoms with Crippen LogP contribution in [0.1, 0.15) is 6.42 Å². The molecule has 0 heterocycles. The maximum Gasteiger partial charge on any atom is 0.147 e. The Kier molecular flexibility index (Phi) is 4.13. The molecule has 0 atom stereocenters. The Labute approximate surface area is 59.4 Å². The van der Waals surface area contributed by atoms with Gasteiger partial charge in [-0.1, -0.05) is 12.6 Å². The first-order chi connectivity index (χ1) is 4.06. The Morgan fingerprint density at radius 1 is 1.44 bits per heavy atom. The highest BCUT2D eigenvalue weighted by atomic mass is 32.2. The fraction of sp³-hybridized carbons (Fsp3) is 1.00. The first kappa shape index (κ1) is 9.17. The number of hydrogen-bond donors (Lipinski definition) is 0. The highest BCUT2D eigenvalue weighted by molar-refractivity contribution is 7.90. The first-order valence-electron chi connectivity index (χ1n) is 3.24. The molecule has 0 saturated heterocycles. The summed E-state index contributed by atoms with van der Waals surface area (Å²) >= 11 is 0. The van der Waals surface area contributed by atoms with E-state index >= 15 is 0 Å². The third kappa shape index (κ3) is 8.17. The summed E-state index contributed by atoms with van der Waals surface area (Å²) in [6.07, 6.45) is 2.17. The lowest BCUT2D eigenvalue weighted by molar-refractivity contribution is 0.600. The smallest absolute Gasteiger partial charge is 0.147 e. The molecule has 4 heteroatoms. The van der Waals surface area contributed by atoms with Crippen molar-refractivity contribution in [1.82, 2.24) is 0 Å². The molecule has 0 aliphatic rings. The third-order valence-electron chi connectivity index (χ3n) is 1.12. The normalized spacial score (nSPS) is 13.1. The van der Waals surface area contributed by atoms with Gasteiger partial charge in [-0.25, -0.2) is 8.42 Å². The van der Waals surface area contributed by atoms with Gasteiger partial charge in [0.2, 0.25) is 0 Å². The molecule has 0 aliphatic carbocycles. The van der Waals surface area contributed by atoms with Crippen LogP contribution in [0.3, 0.4) is 0 Å². The molecule has 0 aliphatic heterocycles. The quantitative estimate of drug-likeness (QED) is 0.437. The van der Waals surface area contributed by atoms with E-state index in [4.69, 9.17) is 0 Å². The molecule has 0 N–H and O–H groups in total. The van der Waals surface area contributed by atoms with Gasteiger partial charge < -0.3 is 0 Å². The second-order valence-electron chi connectivity index (χ2n) is 2.34. The molecular formula is C5H14O2SSi. The van der Waals surface area contributed by atoms with Crippen LogP contribution in [-0.4, -0.2) is 29.9 Å². The van der Waals surface area contributed by atoms with Crippen molar-refractivity contribution in [3.63, 3.8) is 0 Å². The zero-order valence-electron chi connectivity index (χ0n) is 6.05. The minimum absolute atomic E-state index is 0.0806. The monoisotopic (exact) mass is 166 g/mol. The Bertz CT molecular complexity index is 150. The van der Waals surface area contributed by atoms with Crippen molar-refractivity contribution in [1.29, 1.82) is 0 Å². The van der Waals surface area contributed by atoms with Crippen molar-refractivity contribution in [3.8, 4) is 0 Å². The lowest BCUT2D eigenvalue weighted by Gasteiger charge is -1.93. The number of sulfone groups is 1. The summed E-state index contributed by atoms with van der Waals surface area (Å²) in [5.74, 6) is 0.383. The molecule has 0 bridgehead atoms. The van der Waals surface area contributed by atoms with E-state index in [0.29, 0.717) is 5.75 Å². The highest BCUT2D eigenvalue weighted by Gasteiger charge is 1.98. The van der Waals surface area contributed by atoms with E-state index < -0.39 is 9.84 Å². The fourth-order valence-electron chi connectivity index (χ4n) is 0.614. The Balaban J connectivity index is 3.30. The summed E-state index contributed by atoms with van der Waals surface area (Å²) in [5, 5.41) is 0. The van der Waals surface area contributed by atoms with E-state index in [-0.39, 0.29) is 9.52 Å². The van der Waals surface area contributed by atoms with Gasteiger partial charge in [0, 0.05) is 21.5 Å². The lowest BCUT2D eigenvalue weighted by Crippen LogP contribution is -2.02. The van der Waals surface area contributed by atoms with Crippen molar-refractivity contribution >= 4 is 19.4 Å². The van der Waals surface area contributed by atoms with Gasteiger partial charge in [0.05, 0.1) is 0 Å². The predicted octanol–water partition coefficient (Wildman–Crippen LogP) is 0.0563. The van der Waals surface area contributed by atoms with Crippen LogP contribution in [0.25, 0.3) is 0 Å². The second-order valence-corrected chi connectivity index (χ2v) is 6.30. The molecule has 0 spiro atoms. The minimum Gasteiger partial charge on any atom is -0.229 e. The summed E-state index contributed by atoms with van der Waals surface area (Å²) in [7, 11) is -2.59. The summed E-state index contributed by atoms with van der Waals surface area (Å²) in [6.45, 7) is 2.20. The average molecular weight is 166 g/mol. The molecule has 0 rings (SSSR count). The van der Waals surface area contributed by atoms with Crippen molar-refractivity contribution < 1.29 is 8.42 Å². The summed E-state index contributed by atoms with van der Waals surface area (Å²) in [4.78, 5) is 0. The Hall–Kier alpha value is 0.167. The molecule has 0 saturated carbocycles. The standard InChI is InChI=1S/C5H14O2SSi/c1-8(6,7)4-3-5-9-2/h3-5,9H2,1-2H3. The highest BCUT2D eigenvalue weighted by Crippen LogP contribution is 1.92. The number of rotatable bonds is 4. The SMILES string of the molecule is C[SiH2]CCCS(C)(=O)=O. The maximum absolute atomic E-state index is 10.5. The van der Waals surface area contributed by atoms with Crippen LogP contribution in [0.15, 0.2) is 0 Å². The summed E-state index contributed by atoms with van der Waals surface area (Å²) in [5.41, 5.74) is 0. The lowest BCUT2D eigenvalue weighted by atomic mass is 10.6. The predicted molar refractivity (Wildman–Crippen MR) is 43.5 cm³/mol. The van der Waals surface area contributed by atoms with Crippen LogP contribution in [0.2, 0.25) is 12.6 Å². The molecule has 56 valence electrons. The molecule has 0 aromatic heterocycles. The molecule has 0 aromatic rings. The Morgan fingerprint density at radius 2 is 2.00 bits per heavy atom. The summed E-state index contributed by atoms with van der Waals surface area (Å²) < 4.78 is 21.0. The van der Waals surface area contributed by atoms with E-state index in [9.17, 15) is 8.42 Å². The van der Waals surface area contributed by atoms with Crippen LogP contribution in [0.4, 0.5) is 0 Å². The van der Waals surface area contributed by atoms with Crippen LogP contribution in [0.5, 0.6) is 0 Å². The molecular weight excluding hydrogens is 152 g/mol. The van der Waals surface area contributed by atoms with E-state index in [0.717, 1.165) is 12.5 Å². The molecule has 0 fully saturated rings. The first-order valence-corrected chi connectivity index (χ1v) is 7.71. The van der Waals surface area contributed by atoms with Crippen molar-refractivity contribution in [2.45, 2.75) is 19.0 Å². The van der Waals surface area contributed by atoms with Crippen molar-refractivity contribution in [2.24, 2.45) is 0 Å². The zero-order valence-corrected chi connectivity index (χ0v) is 8.28. The third-order valence-corrected chi connectivity index (χ3v) is 3.36. The number of hydrogen-bond acceptors (Lipinski definition) is 2. The van der Waals surface area contributed by atoms with Crippen LogP contribution >= 0.6 is 0 Å². The summed E-state index contributed by atoms with van der Waals surface area (Å²) in [6, 6.07) is 1.16. The van der Waals surface area contributed by atoms with Gasteiger partial charge in [0.15, 0.2) is 0 Å². The van der Waals surface area contributed by atoms with E-state index in [2.05, 4.69) is 6.55 Å². The average Bonchev–Trinajstić information content (AvgIpc) is 1.63. The van der Waals surface area contributed by atoms with Crippen molar-refractivity contribution in [2.75, 3.05) is 12.0 Å². The molecule has 9 heavy (non-hydrogen) atoms. The van der Waals surface area contributed by atoms with Crippen LogP contribution in [-0.2, 0) is 9.84 Å². The maximum atomic E-state index is 10.5. The van der Waals surface area contributed by atoms with Gasteiger partial charge >= 0.3 is 0 Å². The Morgan fingerprint density at radius 3 is 2.33 bits per heavy atom. The van der Waals surface area contributed by atoms with Gasteiger partial charge in [0.25, 0.3) is 0 Å². The zero-order chi connectivity index (χ0) is 7.33. The molecule has 2 nitrogen and oxygen atoms in total. The topological polar surface area (TPSA) is 34.1 Å². The molecule has 0 unspecified atom stereocenters. The van der Waals surface area contributed by atoms with Crippen LogP contribution in [0, 0.1) is 0 Å². The van der Waals surface area contributed by atoms with Gasteiger partial charge in [-0.15, -0.1) is 0 Å². The van der Waals surface area contributed by atoms with Gasteiger partial charge in [-0.05, 0) is 6.42 Å². The van der Waals surface area contributed by atoms with Gasteiger partial charge in [-0.2, -0.15) is 0 Å². The largest absolute Gasteiger partial charge is 0.229 e. The molecule has 0 aromatic carbocycles. The minimum atomic E-state index is -2.67. The van der Waals surface area contributed by atoms with Gasteiger partial charge in [0.1, 0.15) is 9.84 Å². The molecule has 0 amide bonds. The van der Waals surface area contributed by atoms with Crippen molar-refractivity contribution in [3.05, 3.63) is 0 Å². The van der Waals surface area contributed by atoms with E-state index in [1.54, 1.807) is 0 Å². The second kappa shape index (κ2) is 4.06. The fourth-order valence-corrected chi connectivity index (χ4v) is 2.46. The van der Waals surface area contributed by atoms with E-state index in [1.807, 2.05) is 0 Å².